The second-order valence-corrected chi connectivity index (χ2v) is 5.59. The molecule has 0 saturated carbocycles. The van der Waals surface area contributed by atoms with E-state index in [1.807, 2.05) is 0 Å². The van der Waals surface area contributed by atoms with Crippen LogP contribution in [0.2, 0.25) is 0 Å². The van der Waals surface area contributed by atoms with Gasteiger partial charge in [-0.3, -0.25) is 0 Å². The molecule has 2 rings (SSSR count). The third-order valence-electron chi connectivity index (χ3n) is 4.00. The summed E-state index contributed by atoms with van der Waals surface area (Å²) in [6, 6.07) is 0. The van der Waals surface area contributed by atoms with Crippen molar-refractivity contribution in [3.05, 3.63) is 0 Å². The summed E-state index contributed by atoms with van der Waals surface area (Å²) in [5, 5.41) is 39.2. The highest BCUT2D eigenvalue weighted by Gasteiger charge is 2.46. The van der Waals surface area contributed by atoms with Crippen molar-refractivity contribution in [2.75, 3.05) is 7.11 Å². The van der Waals surface area contributed by atoms with E-state index in [4.69, 9.17) is 18.9 Å². The molecule has 124 valence electrons. The molecule has 21 heavy (non-hydrogen) atoms. The molecule has 2 heterocycles. The number of ether oxygens (including phenoxy) is 4. The minimum Gasteiger partial charge on any atom is -0.390 e. The average Bonchev–Trinajstić information content (AvgIpc) is 2.40. The quantitative estimate of drug-likeness (QED) is 0.489. The van der Waals surface area contributed by atoms with Gasteiger partial charge in [0, 0.05) is 13.5 Å². The average molecular weight is 308 g/mol. The van der Waals surface area contributed by atoms with Crippen molar-refractivity contribution < 1.29 is 39.4 Å². The van der Waals surface area contributed by atoms with Gasteiger partial charge in [0.1, 0.15) is 24.4 Å². The summed E-state index contributed by atoms with van der Waals surface area (Å²) in [5.74, 6) is 0. The summed E-state index contributed by atoms with van der Waals surface area (Å²) in [6.45, 7) is 3.27. The van der Waals surface area contributed by atoms with Crippen LogP contribution in [0.3, 0.4) is 0 Å². The lowest BCUT2D eigenvalue weighted by atomic mass is 9.98. The van der Waals surface area contributed by atoms with E-state index < -0.39 is 55.3 Å². The SMILES string of the molecule is CO[C@H]1[C@H](O[C@@H]2[C@@H](O)C[C@H](O)O[C@@H]2C)O[C@H](C)[C@@H](O)[C@H]1O. The van der Waals surface area contributed by atoms with Crippen LogP contribution in [0.4, 0.5) is 0 Å². The van der Waals surface area contributed by atoms with Gasteiger partial charge in [0.05, 0.1) is 18.3 Å². The second kappa shape index (κ2) is 6.84. The molecular formula is C13H24O8. The number of rotatable bonds is 3. The van der Waals surface area contributed by atoms with E-state index in [-0.39, 0.29) is 6.42 Å². The Morgan fingerprint density at radius 2 is 1.57 bits per heavy atom. The van der Waals surface area contributed by atoms with Crippen molar-refractivity contribution >= 4 is 0 Å². The topological polar surface area (TPSA) is 118 Å². The van der Waals surface area contributed by atoms with Gasteiger partial charge in [-0.05, 0) is 13.8 Å². The molecule has 8 heteroatoms. The second-order valence-electron chi connectivity index (χ2n) is 5.59. The fourth-order valence-electron chi connectivity index (χ4n) is 2.75. The van der Waals surface area contributed by atoms with Crippen molar-refractivity contribution in [3.8, 4) is 0 Å². The molecule has 0 unspecified atom stereocenters. The van der Waals surface area contributed by atoms with Crippen LogP contribution in [0.15, 0.2) is 0 Å². The zero-order valence-electron chi connectivity index (χ0n) is 12.3. The number of hydrogen-bond acceptors (Lipinski definition) is 8. The highest BCUT2D eigenvalue weighted by Crippen LogP contribution is 2.29. The molecular weight excluding hydrogens is 284 g/mol. The van der Waals surface area contributed by atoms with Crippen molar-refractivity contribution in [1.82, 2.24) is 0 Å². The minimum absolute atomic E-state index is 0.0279. The molecule has 9 atom stereocenters. The third-order valence-corrected chi connectivity index (χ3v) is 4.00. The monoisotopic (exact) mass is 308 g/mol. The summed E-state index contributed by atoms with van der Waals surface area (Å²) in [6.07, 6.45) is -7.94. The van der Waals surface area contributed by atoms with Gasteiger partial charge < -0.3 is 39.4 Å². The van der Waals surface area contributed by atoms with Gasteiger partial charge in [-0.15, -0.1) is 0 Å². The molecule has 2 saturated heterocycles. The van der Waals surface area contributed by atoms with Gasteiger partial charge in [-0.1, -0.05) is 0 Å². The number of aliphatic hydroxyl groups is 4. The molecule has 2 aliphatic rings. The van der Waals surface area contributed by atoms with Crippen LogP contribution in [-0.4, -0.2) is 82.8 Å². The van der Waals surface area contributed by atoms with Crippen LogP contribution in [-0.2, 0) is 18.9 Å². The molecule has 0 aromatic carbocycles. The zero-order chi connectivity index (χ0) is 15.7. The Hall–Kier alpha value is -0.320. The maximum Gasteiger partial charge on any atom is 0.187 e. The fourth-order valence-corrected chi connectivity index (χ4v) is 2.75. The zero-order valence-corrected chi connectivity index (χ0v) is 12.3. The van der Waals surface area contributed by atoms with Gasteiger partial charge in [-0.25, -0.2) is 0 Å². The molecule has 0 aromatic rings. The highest BCUT2D eigenvalue weighted by molar-refractivity contribution is 4.90. The first-order chi connectivity index (χ1) is 9.85. The molecule has 0 bridgehead atoms. The normalized spacial score (nSPS) is 51.9. The first-order valence-corrected chi connectivity index (χ1v) is 7.06. The third kappa shape index (κ3) is 3.54. The molecule has 0 aromatic heterocycles. The van der Waals surface area contributed by atoms with Crippen molar-refractivity contribution in [1.29, 1.82) is 0 Å². The van der Waals surface area contributed by atoms with E-state index in [1.165, 1.54) is 7.11 Å². The van der Waals surface area contributed by atoms with Gasteiger partial charge >= 0.3 is 0 Å². The van der Waals surface area contributed by atoms with Crippen LogP contribution in [0.25, 0.3) is 0 Å². The minimum atomic E-state index is -1.16. The van der Waals surface area contributed by atoms with E-state index in [1.54, 1.807) is 13.8 Å². The summed E-state index contributed by atoms with van der Waals surface area (Å²) in [7, 11) is 1.37. The molecule has 0 spiro atoms. The van der Waals surface area contributed by atoms with Crippen LogP contribution in [0.1, 0.15) is 20.3 Å². The molecule has 0 amide bonds. The van der Waals surface area contributed by atoms with Crippen LogP contribution < -0.4 is 0 Å². The predicted octanol–water partition coefficient (Wildman–Crippen LogP) is -1.66. The van der Waals surface area contributed by atoms with E-state index in [2.05, 4.69) is 0 Å². The maximum absolute atomic E-state index is 10.0. The standard InChI is InChI=1S/C13H24O8/c1-5-9(16)10(17)12(18-3)13(20-5)21-11-6(2)19-8(15)4-7(11)14/h5-17H,4H2,1-3H3/t5-,6-,7+,8-,9-,10-,11+,12-,13+/m1/s1. The van der Waals surface area contributed by atoms with E-state index in [0.717, 1.165) is 0 Å². The lowest BCUT2D eigenvalue weighted by Gasteiger charge is -2.44. The van der Waals surface area contributed by atoms with Crippen LogP contribution >= 0.6 is 0 Å². The Balaban J connectivity index is 2.06. The Morgan fingerprint density at radius 1 is 0.905 bits per heavy atom. The smallest absolute Gasteiger partial charge is 0.187 e. The van der Waals surface area contributed by atoms with E-state index in [0.29, 0.717) is 0 Å². The van der Waals surface area contributed by atoms with Crippen molar-refractivity contribution in [2.45, 2.75) is 75.6 Å². The molecule has 8 nitrogen and oxygen atoms in total. The van der Waals surface area contributed by atoms with Gasteiger partial charge in [0.2, 0.25) is 0 Å². The van der Waals surface area contributed by atoms with Gasteiger partial charge in [0.25, 0.3) is 0 Å². The molecule has 2 aliphatic heterocycles. The van der Waals surface area contributed by atoms with Crippen LogP contribution in [0, 0.1) is 0 Å². The van der Waals surface area contributed by atoms with E-state index in [9.17, 15) is 20.4 Å². The molecule has 0 aliphatic carbocycles. The Kier molecular flexibility index (Phi) is 5.55. The first kappa shape index (κ1) is 17.0. The lowest BCUT2D eigenvalue weighted by Crippen LogP contribution is -2.60. The molecule has 2 fully saturated rings. The van der Waals surface area contributed by atoms with E-state index >= 15 is 0 Å². The first-order valence-electron chi connectivity index (χ1n) is 7.06. The Labute approximate surface area is 123 Å². The van der Waals surface area contributed by atoms with Crippen molar-refractivity contribution in [3.63, 3.8) is 0 Å². The summed E-state index contributed by atoms with van der Waals surface area (Å²) >= 11 is 0. The lowest BCUT2D eigenvalue weighted by molar-refractivity contribution is -0.337. The van der Waals surface area contributed by atoms with Crippen molar-refractivity contribution in [2.24, 2.45) is 0 Å². The molecule has 4 N–H and O–H groups in total. The van der Waals surface area contributed by atoms with Crippen LogP contribution in [0.5, 0.6) is 0 Å². The highest BCUT2D eigenvalue weighted by atomic mass is 16.7. The summed E-state index contributed by atoms with van der Waals surface area (Å²) in [5.41, 5.74) is 0. The number of hydrogen-bond donors (Lipinski definition) is 4. The Morgan fingerprint density at radius 3 is 2.14 bits per heavy atom. The maximum atomic E-state index is 10.0. The largest absolute Gasteiger partial charge is 0.390 e. The summed E-state index contributed by atoms with van der Waals surface area (Å²) in [4.78, 5) is 0. The predicted molar refractivity (Wildman–Crippen MR) is 69.2 cm³/mol. The summed E-state index contributed by atoms with van der Waals surface area (Å²) < 4.78 is 21.6. The van der Waals surface area contributed by atoms with Gasteiger partial charge in [-0.2, -0.15) is 0 Å². The van der Waals surface area contributed by atoms with Gasteiger partial charge in [0.15, 0.2) is 12.6 Å². The number of methoxy groups -OCH3 is 1. The Bertz CT molecular complexity index is 328. The fraction of sp³-hybridized carbons (Fsp3) is 1.00. The number of aliphatic hydroxyl groups excluding tert-OH is 4. The molecule has 0 radical (unpaired) electrons.